The smallest absolute Gasteiger partial charge is 0.120 e. The topological polar surface area (TPSA) is 21.3 Å². The summed E-state index contributed by atoms with van der Waals surface area (Å²) in [5.74, 6) is 0.985. The van der Waals surface area contributed by atoms with E-state index in [0.29, 0.717) is 6.04 Å². The summed E-state index contributed by atoms with van der Waals surface area (Å²) < 4.78 is 5.70. The maximum atomic E-state index is 5.70. The van der Waals surface area contributed by atoms with Crippen LogP contribution in [0.1, 0.15) is 37.9 Å². The Morgan fingerprint density at radius 3 is 2.93 bits per heavy atom. The highest BCUT2D eigenvalue weighted by atomic mass is 16.5. The number of nitrogens with one attached hydrogen (secondary N) is 1. The van der Waals surface area contributed by atoms with Crippen LogP contribution in [0.25, 0.3) is 0 Å². The quantitative estimate of drug-likeness (QED) is 0.801. The third-order valence-electron chi connectivity index (χ3n) is 2.80. The average molecular weight is 205 g/mol. The first-order valence-corrected chi connectivity index (χ1v) is 5.69. The highest BCUT2D eigenvalue weighted by molar-refractivity contribution is 5.39. The second kappa shape index (κ2) is 4.23. The minimum absolute atomic E-state index is 0.245. The third kappa shape index (κ3) is 2.32. The predicted molar refractivity (Wildman–Crippen MR) is 62.3 cm³/mol. The fourth-order valence-corrected chi connectivity index (χ4v) is 2.08. The zero-order valence-corrected chi connectivity index (χ0v) is 9.71. The van der Waals surface area contributed by atoms with Gasteiger partial charge in [-0.3, -0.25) is 0 Å². The molecule has 0 saturated heterocycles. The van der Waals surface area contributed by atoms with Crippen LogP contribution in [-0.4, -0.2) is 12.6 Å². The molecule has 1 aliphatic heterocycles. The average Bonchev–Trinajstić information content (AvgIpc) is 2.18. The Morgan fingerprint density at radius 2 is 2.20 bits per heavy atom. The van der Waals surface area contributed by atoms with Crippen molar-refractivity contribution in [2.75, 3.05) is 6.54 Å². The SMILES string of the molecule is CC(C)Oc1ccc2c(c1)C(C)NCC2. The molecule has 82 valence electrons. The molecule has 2 heteroatoms. The summed E-state index contributed by atoms with van der Waals surface area (Å²) in [5.41, 5.74) is 2.84. The molecule has 0 saturated carbocycles. The number of rotatable bonds is 2. The summed E-state index contributed by atoms with van der Waals surface area (Å²) >= 11 is 0. The van der Waals surface area contributed by atoms with Gasteiger partial charge in [0.05, 0.1) is 6.10 Å². The Kier molecular flexibility index (Phi) is 2.96. The number of hydrogen-bond donors (Lipinski definition) is 1. The fraction of sp³-hybridized carbons (Fsp3) is 0.538. The lowest BCUT2D eigenvalue weighted by molar-refractivity contribution is 0.242. The van der Waals surface area contributed by atoms with E-state index < -0.39 is 0 Å². The van der Waals surface area contributed by atoms with Gasteiger partial charge in [-0.15, -0.1) is 0 Å². The first-order chi connectivity index (χ1) is 7.16. The van der Waals surface area contributed by atoms with Gasteiger partial charge in [0, 0.05) is 6.04 Å². The van der Waals surface area contributed by atoms with Crippen LogP contribution in [-0.2, 0) is 6.42 Å². The van der Waals surface area contributed by atoms with E-state index in [1.165, 1.54) is 11.1 Å². The first-order valence-electron chi connectivity index (χ1n) is 5.69. The van der Waals surface area contributed by atoms with Gasteiger partial charge in [0.15, 0.2) is 0 Å². The molecule has 2 nitrogen and oxygen atoms in total. The zero-order valence-electron chi connectivity index (χ0n) is 9.71. The van der Waals surface area contributed by atoms with Crippen LogP contribution in [0.15, 0.2) is 18.2 Å². The minimum Gasteiger partial charge on any atom is -0.491 e. The van der Waals surface area contributed by atoms with Crippen molar-refractivity contribution in [1.82, 2.24) is 5.32 Å². The van der Waals surface area contributed by atoms with Gasteiger partial charge < -0.3 is 10.1 Å². The Labute approximate surface area is 91.6 Å². The van der Waals surface area contributed by atoms with E-state index in [4.69, 9.17) is 4.74 Å². The van der Waals surface area contributed by atoms with Crippen LogP contribution in [0.2, 0.25) is 0 Å². The van der Waals surface area contributed by atoms with Crippen LogP contribution in [0.4, 0.5) is 0 Å². The zero-order chi connectivity index (χ0) is 10.8. The van der Waals surface area contributed by atoms with E-state index in [2.05, 4.69) is 44.3 Å². The van der Waals surface area contributed by atoms with E-state index in [-0.39, 0.29) is 6.10 Å². The van der Waals surface area contributed by atoms with Crippen molar-refractivity contribution in [1.29, 1.82) is 0 Å². The second-order valence-electron chi connectivity index (χ2n) is 4.45. The largest absolute Gasteiger partial charge is 0.491 e. The molecule has 2 rings (SSSR count). The second-order valence-corrected chi connectivity index (χ2v) is 4.45. The lowest BCUT2D eigenvalue weighted by Gasteiger charge is -2.24. The maximum Gasteiger partial charge on any atom is 0.120 e. The molecule has 1 aliphatic rings. The highest BCUT2D eigenvalue weighted by Gasteiger charge is 2.16. The Balaban J connectivity index is 2.27. The van der Waals surface area contributed by atoms with Crippen LogP contribution < -0.4 is 10.1 Å². The van der Waals surface area contributed by atoms with Crippen LogP contribution in [0.5, 0.6) is 5.75 Å². The molecular formula is C13H19NO. The van der Waals surface area contributed by atoms with Crippen LogP contribution in [0, 0.1) is 0 Å². The molecule has 0 aromatic heterocycles. The monoisotopic (exact) mass is 205 g/mol. The molecule has 0 spiro atoms. The van der Waals surface area contributed by atoms with Crippen molar-refractivity contribution in [3.05, 3.63) is 29.3 Å². The van der Waals surface area contributed by atoms with E-state index in [9.17, 15) is 0 Å². The highest BCUT2D eigenvalue weighted by Crippen LogP contribution is 2.27. The van der Waals surface area contributed by atoms with E-state index in [1.54, 1.807) is 0 Å². The molecule has 1 heterocycles. The number of ether oxygens (including phenoxy) is 1. The van der Waals surface area contributed by atoms with Gasteiger partial charge in [-0.25, -0.2) is 0 Å². The van der Waals surface area contributed by atoms with Gasteiger partial charge >= 0.3 is 0 Å². The molecule has 1 aromatic carbocycles. The molecule has 0 amide bonds. The standard InChI is InChI=1S/C13H19NO/c1-9(2)15-12-5-4-11-6-7-14-10(3)13(11)8-12/h4-5,8-10,14H,6-7H2,1-3H3. The summed E-state index contributed by atoms with van der Waals surface area (Å²) in [6.45, 7) is 7.40. The molecule has 15 heavy (non-hydrogen) atoms. The Hall–Kier alpha value is -1.02. The summed E-state index contributed by atoms with van der Waals surface area (Å²) in [6, 6.07) is 6.90. The van der Waals surface area contributed by atoms with Gasteiger partial charge in [0.2, 0.25) is 0 Å². The minimum atomic E-state index is 0.245. The molecule has 1 N–H and O–H groups in total. The van der Waals surface area contributed by atoms with E-state index in [0.717, 1.165) is 18.7 Å². The molecular weight excluding hydrogens is 186 g/mol. The van der Waals surface area contributed by atoms with Gasteiger partial charge in [-0.2, -0.15) is 0 Å². The summed E-state index contributed by atoms with van der Waals surface area (Å²) in [6.07, 6.45) is 1.37. The maximum absolute atomic E-state index is 5.70. The molecule has 0 bridgehead atoms. The van der Waals surface area contributed by atoms with Gasteiger partial charge in [-0.05, 0) is 57.0 Å². The molecule has 1 atom stereocenters. The van der Waals surface area contributed by atoms with Gasteiger partial charge in [-0.1, -0.05) is 6.07 Å². The summed E-state index contributed by atoms with van der Waals surface area (Å²) in [5, 5.41) is 3.46. The van der Waals surface area contributed by atoms with Crippen molar-refractivity contribution in [2.24, 2.45) is 0 Å². The lowest BCUT2D eigenvalue weighted by Crippen LogP contribution is -2.27. The van der Waals surface area contributed by atoms with E-state index in [1.807, 2.05) is 0 Å². The third-order valence-corrected chi connectivity index (χ3v) is 2.80. The van der Waals surface area contributed by atoms with Crippen molar-refractivity contribution >= 4 is 0 Å². The number of fused-ring (bicyclic) bond motifs is 1. The normalized spacial score (nSPS) is 20.1. The summed E-state index contributed by atoms with van der Waals surface area (Å²) in [4.78, 5) is 0. The van der Waals surface area contributed by atoms with Crippen molar-refractivity contribution in [3.63, 3.8) is 0 Å². The molecule has 0 aliphatic carbocycles. The van der Waals surface area contributed by atoms with E-state index >= 15 is 0 Å². The van der Waals surface area contributed by atoms with Gasteiger partial charge in [0.25, 0.3) is 0 Å². The molecule has 0 fully saturated rings. The van der Waals surface area contributed by atoms with Gasteiger partial charge in [0.1, 0.15) is 5.75 Å². The summed E-state index contributed by atoms with van der Waals surface area (Å²) in [7, 11) is 0. The van der Waals surface area contributed by atoms with Crippen LogP contribution >= 0.6 is 0 Å². The van der Waals surface area contributed by atoms with Crippen molar-refractivity contribution in [3.8, 4) is 5.75 Å². The fourth-order valence-electron chi connectivity index (χ4n) is 2.08. The van der Waals surface area contributed by atoms with Crippen molar-refractivity contribution < 1.29 is 4.74 Å². The predicted octanol–water partition coefficient (Wildman–Crippen LogP) is 2.68. The number of hydrogen-bond acceptors (Lipinski definition) is 2. The Morgan fingerprint density at radius 1 is 1.40 bits per heavy atom. The molecule has 1 unspecified atom stereocenters. The molecule has 1 aromatic rings. The van der Waals surface area contributed by atoms with Crippen molar-refractivity contribution in [2.45, 2.75) is 39.3 Å². The molecule has 0 radical (unpaired) electrons. The Bertz CT molecular complexity index is 346. The lowest BCUT2D eigenvalue weighted by atomic mass is 9.95. The van der Waals surface area contributed by atoms with Crippen LogP contribution in [0.3, 0.4) is 0 Å². The number of benzene rings is 1. The first kappa shape index (κ1) is 10.5.